The Morgan fingerprint density at radius 3 is 2.85 bits per heavy atom. The summed E-state index contributed by atoms with van der Waals surface area (Å²) in [6.07, 6.45) is 6.63. The molecule has 1 heteroatoms. The van der Waals surface area contributed by atoms with Crippen LogP contribution in [0.1, 0.15) is 39.5 Å². The van der Waals surface area contributed by atoms with Gasteiger partial charge in [-0.25, -0.2) is 0 Å². The number of nitrogens with one attached hydrogen (secondary N) is 1. The maximum atomic E-state index is 7.81. The number of allylic oxidation sites excluding steroid dienone is 3. The molecular weight excluding hydrogens is 158 g/mol. The molecule has 1 aliphatic carbocycles. The van der Waals surface area contributed by atoms with Crippen molar-refractivity contribution in [2.24, 2.45) is 5.92 Å². The van der Waals surface area contributed by atoms with E-state index in [1.165, 1.54) is 30.4 Å². The fourth-order valence-corrected chi connectivity index (χ4v) is 2.15. The zero-order valence-electron chi connectivity index (χ0n) is 8.69. The molecule has 0 aromatic heterocycles. The Kier molecular flexibility index (Phi) is 3.47. The van der Waals surface area contributed by atoms with E-state index < -0.39 is 0 Å². The van der Waals surface area contributed by atoms with Gasteiger partial charge in [-0.05, 0) is 43.8 Å². The highest BCUT2D eigenvalue weighted by atomic mass is 14.4. The van der Waals surface area contributed by atoms with E-state index in [1.54, 1.807) is 6.08 Å². The summed E-state index contributed by atoms with van der Waals surface area (Å²) >= 11 is 0. The fourth-order valence-electron chi connectivity index (χ4n) is 2.15. The van der Waals surface area contributed by atoms with Crippen LogP contribution in [0.4, 0.5) is 0 Å². The zero-order chi connectivity index (χ0) is 9.84. The third-order valence-corrected chi connectivity index (χ3v) is 2.89. The Morgan fingerprint density at radius 1 is 1.54 bits per heavy atom. The van der Waals surface area contributed by atoms with Gasteiger partial charge in [-0.1, -0.05) is 25.5 Å². The van der Waals surface area contributed by atoms with Crippen molar-refractivity contribution in [3.63, 3.8) is 0 Å². The molecule has 1 rings (SSSR count). The summed E-state index contributed by atoms with van der Waals surface area (Å²) in [6.45, 7) is 8.06. The molecule has 0 spiro atoms. The molecule has 0 fully saturated rings. The van der Waals surface area contributed by atoms with E-state index in [0.29, 0.717) is 11.6 Å². The topological polar surface area (TPSA) is 23.9 Å². The van der Waals surface area contributed by atoms with Gasteiger partial charge in [0.25, 0.3) is 0 Å². The Morgan fingerprint density at radius 2 is 2.23 bits per heavy atom. The Hall–Kier alpha value is -0.850. The summed E-state index contributed by atoms with van der Waals surface area (Å²) in [4.78, 5) is 0. The normalized spacial score (nSPS) is 24.0. The molecule has 1 nitrogen and oxygen atoms in total. The summed E-state index contributed by atoms with van der Waals surface area (Å²) in [7, 11) is 0. The lowest BCUT2D eigenvalue weighted by Gasteiger charge is -2.15. The quantitative estimate of drug-likeness (QED) is 0.622. The van der Waals surface area contributed by atoms with Crippen molar-refractivity contribution in [2.45, 2.75) is 39.5 Å². The summed E-state index contributed by atoms with van der Waals surface area (Å²) in [6, 6.07) is 0. The maximum absolute atomic E-state index is 7.81. The molecule has 1 unspecified atom stereocenters. The highest BCUT2D eigenvalue weighted by Crippen LogP contribution is 2.29. The molecule has 1 atom stereocenters. The van der Waals surface area contributed by atoms with Crippen molar-refractivity contribution in [3.8, 4) is 0 Å². The van der Waals surface area contributed by atoms with Crippen LogP contribution < -0.4 is 0 Å². The van der Waals surface area contributed by atoms with Crippen molar-refractivity contribution >= 4 is 5.71 Å². The summed E-state index contributed by atoms with van der Waals surface area (Å²) < 4.78 is 0. The second-order valence-corrected chi connectivity index (χ2v) is 3.96. The molecule has 0 saturated heterocycles. The lowest BCUT2D eigenvalue weighted by atomic mass is 9.91. The van der Waals surface area contributed by atoms with E-state index in [2.05, 4.69) is 20.4 Å². The molecule has 1 aliphatic rings. The molecule has 0 radical (unpaired) electrons. The molecule has 1 N–H and O–H groups in total. The Labute approximate surface area is 81.1 Å². The molecular formula is C12H19N. The Balaban J connectivity index is 2.96. The first-order valence-corrected chi connectivity index (χ1v) is 5.07. The number of rotatable bonds is 2. The van der Waals surface area contributed by atoms with Crippen LogP contribution in [0.3, 0.4) is 0 Å². The van der Waals surface area contributed by atoms with E-state index in [4.69, 9.17) is 5.41 Å². The van der Waals surface area contributed by atoms with E-state index in [1.807, 2.05) is 0 Å². The molecule has 0 aliphatic heterocycles. The molecule has 0 heterocycles. The van der Waals surface area contributed by atoms with Gasteiger partial charge in [-0.15, -0.1) is 0 Å². The average Bonchev–Trinajstić information content (AvgIpc) is 2.27. The minimum Gasteiger partial charge on any atom is -0.301 e. The van der Waals surface area contributed by atoms with E-state index in [0.717, 1.165) is 6.42 Å². The van der Waals surface area contributed by atoms with Gasteiger partial charge in [-0.3, -0.25) is 0 Å². The summed E-state index contributed by atoms with van der Waals surface area (Å²) in [5.41, 5.74) is 3.27. The summed E-state index contributed by atoms with van der Waals surface area (Å²) in [5.74, 6) is 0.549. The molecule has 0 amide bonds. The largest absolute Gasteiger partial charge is 0.301 e. The van der Waals surface area contributed by atoms with Gasteiger partial charge in [0.1, 0.15) is 0 Å². The predicted octanol–water partition coefficient (Wildman–Crippen LogP) is 3.72. The second kappa shape index (κ2) is 4.40. The lowest BCUT2D eigenvalue weighted by Crippen LogP contribution is -2.08. The van der Waals surface area contributed by atoms with Gasteiger partial charge in [0.15, 0.2) is 0 Å². The standard InChI is InChI=1S/C12H19N/c1-4-11(13)12-9(2)7-5-6-8-10(12)3/h4,9,13H,1,5-8H2,2-3H3. The van der Waals surface area contributed by atoms with Crippen LogP contribution in [0.15, 0.2) is 23.8 Å². The van der Waals surface area contributed by atoms with Crippen molar-refractivity contribution in [1.82, 2.24) is 0 Å². The summed E-state index contributed by atoms with van der Waals surface area (Å²) in [5, 5.41) is 7.81. The van der Waals surface area contributed by atoms with Crippen LogP contribution in [0.25, 0.3) is 0 Å². The Bertz CT molecular complexity index is 248. The average molecular weight is 177 g/mol. The first-order chi connectivity index (χ1) is 6.16. The molecule has 0 aromatic rings. The molecule has 0 saturated carbocycles. The molecule has 0 aromatic carbocycles. The maximum Gasteiger partial charge on any atom is 0.0568 e. The molecule has 72 valence electrons. The van der Waals surface area contributed by atoms with Crippen molar-refractivity contribution in [1.29, 1.82) is 5.41 Å². The third kappa shape index (κ3) is 2.30. The van der Waals surface area contributed by atoms with Gasteiger partial charge in [-0.2, -0.15) is 0 Å². The van der Waals surface area contributed by atoms with Crippen LogP contribution in [0.5, 0.6) is 0 Å². The van der Waals surface area contributed by atoms with E-state index in [9.17, 15) is 0 Å². The highest BCUT2D eigenvalue weighted by molar-refractivity contribution is 6.06. The highest BCUT2D eigenvalue weighted by Gasteiger charge is 2.17. The van der Waals surface area contributed by atoms with Gasteiger partial charge >= 0.3 is 0 Å². The van der Waals surface area contributed by atoms with Crippen molar-refractivity contribution in [2.75, 3.05) is 0 Å². The van der Waals surface area contributed by atoms with Crippen molar-refractivity contribution in [3.05, 3.63) is 23.8 Å². The van der Waals surface area contributed by atoms with Crippen LogP contribution in [0, 0.1) is 11.3 Å². The zero-order valence-corrected chi connectivity index (χ0v) is 8.69. The third-order valence-electron chi connectivity index (χ3n) is 2.89. The molecule has 13 heavy (non-hydrogen) atoms. The van der Waals surface area contributed by atoms with Crippen LogP contribution >= 0.6 is 0 Å². The van der Waals surface area contributed by atoms with Gasteiger partial charge in [0, 0.05) is 0 Å². The first kappa shape index (κ1) is 10.2. The SMILES string of the molecule is C=CC(=N)C1=C(C)CCCCC1C. The number of hydrogen-bond donors (Lipinski definition) is 1. The van der Waals surface area contributed by atoms with Crippen LogP contribution in [-0.2, 0) is 0 Å². The van der Waals surface area contributed by atoms with Gasteiger partial charge < -0.3 is 5.41 Å². The molecule has 0 bridgehead atoms. The fraction of sp³-hybridized carbons (Fsp3) is 0.583. The van der Waals surface area contributed by atoms with Crippen LogP contribution in [-0.4, -0.2) is 5.71 Å². The van der Waals surface area contributed by atoms with E-state index in [-0.39, 0.29) is 0 Å². The number of hydrogen-bond acceptors (Lipinski definition) is 1. The predicted molar refractivity (Wildman–Crippen MR) is 58.3 cm³/mol. The lowest BCUT2D eigenvalue weighted by molar-refractivity contribution is 0.595. The van der Waals surface area contributed by atoms with E-state index >= 15 is 0 Å². The van der Waals surface area contributed by atoms with Crippen molar-refractivity contribution < 1.29 is 0 Å². The minimum atomic E-state index is 0.549. The second-order valence-electron chi connectivity index (χ2n) is 3.96. The smallest absolute Gasteiger partial charge is 0.0568 e. The first-order valence-electron chi connectivity index (χ1n) is 5.07. The van der Waals surface area contributed by atoms with Crippen LogP contribution in [0.2, 0.25) is 0 Å². The van der Waals surface area contributed by atoms with Gasteiger partial charge in [0.2, 0.25) is 0 Å². The monoisotopic (exact) mass is 177 g/mol. The minimum absolute atomic E-state index is 0.549. The van der Waals surface area contributed by atoms with Gasteiger partial charge in [0.05, 0.1) is 5.71 Å².